The van der Waals surface area contributed by atoms with Crippen LogP contribution in [0.3, 0.4) is 0 Å². The predicted octanol–water partition coefficient (Wildman–Crippen LogP) is 2.61. The minimum Gasteiger partial charge on any atom is -0.493 e. The summed E-state index contributed by atoms with van der Waals surface area (Å²) in [5, 5.41) is 20.9. The number of urea groups is 1. The Bertz CT molecular complexity index is 1200. The minimum absolute atomic E-state index is 0.0510. The third-order valence-electron chi connectivity index (χ3n) is 6.99. The molecule has 11 nitrogen and oxygen atoms in total. The smallest absolute Gasteiger partial charge is 0.364 e. The Hall–Kier alpha value is -3.74. The molecular weight excluding hydrogens is 537 g/mol. The molecule has 3 unspecified atom stereocenters. The number of carbonyl (C=O) groups excluding carboxylic acids is 3. The number of piperidine rings is 1. The minimum atomic E-state index is -2.26. The van der Waals surface area contributed by atoms with E-state index in [1.165, 1.54) is 17.0 Å². The van der Waals surface area contributed by atoms with Gasteiger partial charge in [-0.2, -0.15) is 0 Å². The van der Waals surface area contributed by atoms with Crippen LogP contribution in [-0.4, -0.2) is 88.0 Å². The number of ether oxygens (including phenoxy) is 2. The van der Waals surface area contributed by atoms with E-state index in [0.29, 0.717) is 48.9 Å². The molecule has 2 saturated heterocycles. The summed E-state index contributed by atoms with van der Waals surface area (Å²) in [6.45, 7) is 5.94. The number of cyclic esters (lactones) is 1. The van der Waals surface area contributed by atoms with Gasteiger partial charge >= 0.3 is 18.0 Å². The summed E-state index contributed by atoms with van der Waals surface area (Å²) in [7, 11) is 1.97. The lowest BCUT2D eigenvalue weighted by atomic mass is 10.0. The zero-order valence-electron chi connectivity index (χ0n) is 23.3. The number of hydroxylamine groups is 2. The van der Waals surface area contributed by atoms with E-state index < -0.39 is 42.2 Å². The molecular formula is C29H36FN3O8. The second kappa shape index (κ2) is 13.3. The highest BCUT2D eigenvalue weighted by Crippen LogP contribution is 2.31. The Balaban J connectivity index is 1.70. The van der Waals surface area contributed by atoms with E-state index in [9.17, 15) is 29.0 Å². The van der Waals surface area contributed by atoms with Crippen LogP contribution in [0.25, 0.3) is 0 Å². The monoisotopic (exact) mass is 573 g/mol. The number of hydrogen-bond donors (Lipinski definition) is 2. The summed E-state index contributed by atoms with van der Waals surface area (Å²) >= 11 is 0. The van der Waals surface area contributed by atoms with Crippen molar-refractivity contribution in [1.29, 1.82) is 0 Å². The highest BCUT2D eigenvalue weighted by molar-refractivity contribution is 5.87. The van der Waals surface area contributed by atoms with Crippen molar-refractivity contribution in [1.82, 2.24) is 14.9 Å². The summed E-state index contributed by atoms with van der Waals surface area (Å²) in [4.78, 5) is 48.6. The maximum absolute atomic E-state index is 14.2. The maximum Gasteiger partial charge on any atom is 0.364 e. The van der Waals surface area contributed by atoms with Crippen LogP contribution in [0.1, 0.15) is 44.0 Å². The molecule has 0 aromatic heterocycles. The fraction of sp³-hybridized carbons (Fsp3) is 0.483. The number of rotatable bonds is 7. The van der Waals surface area contributed by atoms with E-state index in [0.717, 1.165) is 0 Å². The molecule has 3 atom stereocenters. The number of carbonyl (C=O) groups is 3. The molecule has 0 spiro atoms. The van der Waals surface area contributed by atoms with Gasteiger partial charge in [0.15, 0.2) is 12.2 Å². The standard InChI is InChI=1S/C29H36FN3O8/c1-18(2)17-39-23-10-6-20(7-11-23)26-33(41-28(37)25(35)24(34)27(36)40-26)29(38)32(22-12-14-31(3)15-13-22)16-19-4-8-21(30)9-5-19/h4-11,18,22,24-26,34-35H,12-17H2,1-3H3. The second-order valence-electron chi connectivity index (χ2n) is 10.8. The molecule has 0 radical (unpaired) electrons. The Morgan fingerprint density at radius 3 is 2.24 bits per heavy atom. The lowest BCUT2D eigenvalue weighted by molar-refractivity contribution is -0.249. The van der Waals surface area contributed by atoms with Crippen molar-refractivity contribution in [3.8, 4) is 5.75 Å². The first-order valence-electron chi connectivity index (χ1n) is 13.6. The largest absolute Gasteiger partial charge is 0.493 e. The number of likely N-dealkylation sites (tertiary alicyclic amines) is 1. The molecule has 2 heterocycles. The van der Waals surface area contributed by atoms with Gasteiger partial charge in [-0.1, -0.05) is 26.0 Å². The van der Waals surface area contributed by atoms with E-state index >= 15 is 0 Å². The molecule has 0 saturated carbocycles. The van der Waals surface area contributed by atoms with Crippen molar-refractivity contribution < 1.29 is 43.3 Å². The molecule has 2 aliphatic rings. The van der Waals surface area contributed by atoms with Gasteiger partial charge in [0, 0.05) is 18.2 Å². The normalized spacial score (nSPS) is 22.5. The number of amides is 2. The van der Waals surface area contributed by atoms with Crippen LogP contribution in [0.15, 0.2) is 48.5 Å². The van der Waals surface area contributed by atoms with Crippen molar-refractivity contribution in [2.24, 2.45) is 5.92 Å². The molecule has 2 aromatic rings. The zero-order chi connectivity index (χ0) is 29.7. The van der Waals surface area contributed by atoms with Crippen LogP contribution in [0.2, 0.25) is 0 Å². The summed E-state index contributed by atoms with van der Waals surface area (Å²) in [5.74, 6) is -2.30. The molecule has 4 rings (SSSR count). The zero-order valence-corrected chi connectivity index (χ0v) is 23.3. The van der Waals surface area contributed by atoms with Crippen LogP contribution in [0.4, 0.5) is 9.18 Å². The fourth-order valence-corrected chi connectivity index (χ4v) is 4.59. The molecule has 12 heteroatoms. The molecule has 0 bridgehead atoms. The van der Waals surface area contributed by atoms with Gasteiger partial charge in [-0.05, 0) is 80.9 Å². The summed E-state index contributed by atoms with van der Waals surface area (Å²) in [6, 6.07) is 10.9. The van der Waals surface area contributed by atoms with Crippen LogP contribution in [0.5, 0.6) is 5.75 Å². The number of aliphatic hydroxyl groups is 2. The van der Waals surface area contributed by atoms with Gasteiger partial charge in [-0.15, -0.1) is 5.06 Å². The molecule has 2 fully saturated rings. The van der Waals surface area contributed by atoms with Crippen LogP contribution in [-0.2, 0) is 25.7 Å². The van der Waals surface area contributed by atoms with E-state index in [2.05, 4.69) is 4.90 Å². The number of benzene rings is 2. The predicted molar refractivity (Wildman–Crippen MR) is 143 cm³/mol. The SMILES string of the molecule is CC(C)COc1ccc(C2OC(=O)C(O)C(O)C(=O)ON2C(=O)N(Cc2ccc(F)cc2)C2CCN(C)CC2)cc1. The fourth-order valence-electron chi connectivity index (χ4n) is 4.59. The highest BCUT2D eigenvalue weighted by Gasteiger charge is 2.45. The molecule has 41 heavy (non-hydrogen) atoms. The van der Waals surface area contributed by atoms with Crippen molar-refractivity contribution >= 4 is 18.0 Å². The van der Waals surface area contributed by atoms with Crippen LogP contribution >= 0.6 is 0 Å². The summed E-state index contributed by atoms with van der Waals surface area (Å²) < 4.78 is 24.8. The first kappa shape index (κ1) is 30.2. The van der Waals surface area contributed by atoms with Gasteiger partial charge in [-0.3, -0.25) is 0 Å². The van der Waals surface area contributed by atoms with E-state index in [1.54, 1.807) is 36.4 Å². The quantitative estimate of drug-likeness (QED) is 0.480. The lowest BCUT2D eigenvalue weighted by Gasteiger charge is -2.41. The Morgan fingerprint density at radius 2 is 1.63 bits per heavy atom. The molecule has 0 aliphatic carbocycles. The second-order valence-corrected chi connectivity index (χ2v) is 10.8. The van der Waals surface area contributed by atoms with Crippen molar-refractivity contribution in [2.45, 2.75) is 57.7 Å². The highest BCUT2D eigenvalue weighted by atomic mass is 19.1. The summed E-state index contributed by atoms with van der Waals surface area (Å²) in [6.07, 6.45) is -4.83. The van der Waals surface area contributed by atoms with Crippen molar-refractivity contribution in [3.63, 3.8) is 0 Å². The van der Waals surface area contributed by atoms with Crippen LogP contribution < -0.4 is 4.74 Å². The lowest BCUT2D eigenvalue weighted by Crippen LogP contribution is -2.56. The van der Waals surface area contributed by atoms with Crippen LogP contribution in [0, 0.1) is 11.7 Å². The maximum atomic E-state index is 14.2. The van der Waals surface area contributed by atoms with Gasteiger partial charge in [0.05, 0.1) is 6.61 Å². The van der Waals surface area contributed by atoms with Gasteiger partial charge < -0.3 is 34.3 Å². The third-order valence-corrected chi connectivity index (χ3v) is 6.99. The average Bonchev–Trinajstić information content (AvgIpc) is 2.96. The van der Waals surface area contributed by atoms with E-state index in [4.69, 9.17) is 14.3 Å². The molecule has 222 valence electrons. The molecule has 2 aromatic carbocycles. The van der Waals surface area contributed by atoms with Gasteiger partial charge in [0.1, 0.15) is 11.6 Å². The molecule has 2 aliphatic heterocycles. The Morgan fingerprint density at radius 1 is 1.02 bits per heavy atom. The van der Waals surface area contributed by atoms with E-state index in [1.807, 2.05) is 20.9 Å². The number of nitrogens with zero attached hydrogens (tertiary/aromatic N) is 3. The van der Waals surface area contributed by atoms with Gasteiger partial charge in [0.2, 0.25) is 6.23 Å². The number of halogens is 1. The number of esters is 1. The van der Waals surface area contributed by atoms with Gasteiger partial charge in [0.25, 0.3) is 0 Å². The van der Waals surface area contributed by atoms with Crippen molar-refractivity contribution in [3.05, 3.63) is 65.5 Å². The number of hydrogen-bond acceptors (Lipinski definition) is 9. The van der Waals surface area contributed by atoms with E-state index in [-0.39, 0.29) is 24.1 Å². The summed E-state index contributed by atoms with van der Waals surface area (Å²) in [5.41, 5.74) is 0.887. The first-order chi connectivity index (χ1) is 19.5. The Kier molecular flexibility index (Phi) is 9.79. The Labute approximate surface area is 237 Å². The number of aliphatic hydroxyl groups excluding tert-OH is 2. The molecule has 2 amide bonds. The third kappa shape index (κ3) is 7.51. The van der Waals surface area contributed by atoms with Gasteiger partial charge in [-0.25, -0.2) is 18.8 Å². The average molecular weight is 574 g/mol. The molecule has 2 N–H and O–H groups in total. The topological polar surface area (TPSA) is 129 Å². The van der Waals surface area contributed by atoms with Crippen molar-refractivity contribution in [2.75, 3.05) is 26.7 Å². The first-order valence-corrected chi connectivity index (χ1v) is 13.6.